The van der Waals surface area contributed by atoms with E-state index in [9.17, 15) is 14.4 Å². The monoisotopic (exact) mass is 304 g/mol. The van der Waals surface area contributed by atoms with Crippen LogP contribution in [-0.2, 0) is 23.1 Å². The van der Waals surface area contributed by atoms with Gasteiger partial charge in [0, 0.05) is 7.05 Å². The highest BCUT2D eigenvalue weighted by atomic mass is 16.5. The van der Waals surface area contributed by atoms with Crippen molar-refractivity contribution in [3.63, 3.8) is 0 Å². The molecule has 0 aromatic carbocycles. The Bertz CT molecular complexity index is 907. The van der Waals surface area contributed by atoms with Crippen LogP contribution in [0, 0.1) is 11.8 Å². The molecule has 8 nitrogen and oxygen atoms in total. The average Bonchev–Trinajstić information content (AvgIpc) is 2.96. The van der Waals surface area contributed by atoms with Gasteiger partial charge >= 0.3 is 11.7 Å². The summed E-state index contributed by atoms with van der Waals surface area (Å²) in [6, 6.07) is -0.731. The molecule has 0 bridgehead atoms. The Labute approximate surface area is 125 Å². The van der Waals surface area contributed by atoms with E-state index in [-0.39, 0.29) is 17.7 Å². The van der Waals surface area contributed by atoms with Crippen LogP contribution in [0.15, 0.2) is 15.9 Å². The Morgan fingerprint density at radius 1 is 1.45 bits per heavy atom. The zero-order valence-corrected chi connectivity index (χ0v) is 12.8. The summed E-state index contributed by atoms with van der Waals surface area (Å²) in [4.78, 5) is 40.5. The lowest BCUT2D eigenvalue weighted by atomic mass is 10.3. The molecule has 0 saturated heterocycles. The van der Waals surface area contributed by atoms with Crippen LogP contribution in [0.25, 0.3) is 11.2 Å². The predicted molar refractivity (Wildman–Crippen MR) is 79.4 cm³/mol. The number of rotatable bonds is 3. The highest BCUT2D eigenvalue weighted by Gasteiger charge is 2.22. The van der Waals surface area contributed by atoms with Crippen molar-refractivity contribution in [2.75, 3.05) is 7.11 Å². The molecule has 2 aromatic heterocycles. The normalized spacial score (nSPS) is 11.8. The van der Waals surface area contributed by atoms with Gasteiger partial charge in [-0.15, -0.1) is 5.92 Å². The van der Waals surface area contributed by atoms with Gasteiger partial charge in [0.1, 0.15) is 6.04 Å². The molecular formula is C14H16N4O4. The van der Waals surface area contributed by atoms with Gasteiger partial charge in [0.2, 0.25) is 0 Å². The molecule has 0 spiro atoms. The number of hydrogen-bond donors (Lipinski definition) is 0. The molecule has 2 rings (SSSR count). The van der Waals surface area contributed by atoms with Crippen molar-refractivity contribution in [3.8, 4) is 11.8 Å². The van der Waals surface area contributed by atoms with Gasteiger partial charge in [0.25, 0.3) is 5.56 Å². The number of esters is 1. The maximum Gasteiger partial charge on any atom is 0.333 e. The summed E-state index contributed by atoms with van der Waals surface area (Å²) in [7, 11) is 2.78. The van der Waals surface area contributed by atoms with Crippen LogP contribution >= 0.6 is 0 Å². The predicted octanol–water partition coefficient (Wildman–Crippen LogP) is -0.346. The number of imidazole rings is 1. The number of methoxy groups -OCH3 is 1. The molecule has 2 aromatic rings. The fourth-order valence-corrected chi connectivity index (χ4v) is 2.16. The van der Waals surface area contributed by atoms with Gasteiger partial charge in [-0.3, -0.25) is 9.36 Å². The quantitative estimate of drug-likeness (QED) is 0.571. The second-order valence-corrected chi connectivity index (χ2v) is 4.68. The Kier molecular flexibility index (Phi) is 4.17. The first kappa shape index (κ1) is 15.6. The molecule has 116 valence electrons. The standard InChI is InChI=1S/C14H16N4O4/c1-5-6-7-17-12(19)10-11(16(3)14(17)21)15-8-18(10)9(2)13(20)22-4/h8-9H,7H2,1-4H3. The van der Waals surface area contributed by atoms with E-state index in [2.05, 4.69) is 21.6 Å². The first-order valence-electron chi connectivity index (χ1n) is 6.57. The number of nitrogens with zero attached hydrogens (tertiary/aromatic N) is 4. The van der Waals surface area contributed by atoms with E-state index in [0.29, 0.717) is 0 Å². The highest BCUT2D eigenvalue weighted by Crippen LogP contribution is 2.14. The maximum atomic E-state index is 12.6. The Hall–Kier alpha value is -2.82. The third kappa shape index (κ3) is 2.30. The van der Waals surface area contributed by atoms with Gasteiger partial charge in [0.05, 0.1) is 20.0 Å². The summed E-state index contributed by atoms with van der Waals surface area (Å²) < 4.78 is 8.36. The second-order valence-electron chi connectivity index (χ2n) is 4.68. The van der Waals surface area contributed by atoms with Crippen LogP contribution in [0.5, 0.6) is 0 Å². The Morgan fingerprint density at radius 3 is 2.73 bits per heavy atom. The third-order valence-electron chi connectivity index (χ3n) is 3.43. The van der Waals surface area contributed by atoms with Crippen LogP contribution in [0.1, 0.15) is 19.9 Å². The van der Waals surface area contributed by atoms with Crippen LogP contribution in [0.3, 0.4) is 0 Å². The van der Waals surface area contributed by atoms with Crippen LogP contribution in [0.2, 0.25) is 0 Å². The Balaban J connectivity index is 2.81. The lowest BCUT2D eigenvalue weighted by molar-refractivity contribution is -0.143. The van der Waals surface area contributed by atoms with Crippen molar-refractivity contribution < 1.29 is 9.53 Å². The maximum absolute atomic E-state index is 12.6. The number of aromatic nitrogens is 4. The SMILES string of the molecule is CC#CCn1c(=O)c2c(ncn2C(C)C(=O)OC)n(C)c1=O. The molecule has 2 heterocycles. The van der Waals surface area contributed by atoms with Gasteiger partial charge in [0.15, 0.2) is 11.2 Å². The summed E-state index contributed by atoms with van der Waals surface area (Å²) in [6.07, 6.45) is 1.35. The fourth-order valence-electron chi connectivity index (χ4n) is 2.16. The van der Waals surface area contributed by atoms with E-state index in [1.165, 1.54) is 29.6 Å². The van der Waals surface area contributed by atoms with E-state index < -0.39 is 23.3 Å². The number of hydrogen-bond acceptors (Lipinski definition) is 5. The molecular weight excluding hydrogens is 288 g/mol. The molecule has 0 N–H and O–H groups in total. The molecule has 0 fully saturated rings. The number of ether oxygens (including phenoxy) is 1. The lowest BCUT2D eigenvalue weighted by Gasteiger charge is -2.12. The molecule has 22 heavy (non-hydrogen) atoms. The first-order valence-corrected chi connectivity index (χ1v) is 6.57. The van der Waals surface area contributed by atoms with Gasteiger partial charge in [-0.2, -0.15) is 0 Å². The van der Waals surface area contributed by atoms with Crippen LogP contribution in [-0.4, -0.2) is 31.8 Å². The zero-order valence-electron chi connectivity index (χ0n) is 12.8. The van der Waals surface area contributed by atoms with E-state index in [4.69, 9.17) is 0 Å². The van der Waals surface area contributed by atoms with Crippen molar-refractivity contribution in [3.05, 3.63) is 27.2 Å². The topological polar surface area (TPSA) is 88.1 Å². The molecule has 0 aliphatic heterocycles. The van der Waals surface area contributed by atoms with Crippen molar-refractivity contribution in [1.29, 1.82) is 0 Å². The summed E-state index contributed by atoms with van der Waals surface area (Å²) in [5.74, 6) is 4.83. The summed E-state index contributed by atoms with van der Waals surface area (Å²) >= 11 is 0. The summed E-state index contributed by atoms with van der Waals surface area (Å²) in [6.45, 7) is 3.20. The minimum Gasteiger partial charge on any atom is -0.467 e. The zero-order chi connectivity index (χ0) is 16.4. The van der Waals surface area contributed by atoms with E-state index in [1.54, 1.807) is 13.8 Å². The molecule has 0 radical (unpaired) electrons. The van der Waals surface area contributed by atoms with Crippen molar-refractivity contribution in [2.45, 2.75) is 26.4 Å². The first-order chi connectivity index (χ1) is 10.4. The van der Waals surface area contributed by atoms with Gasteiger partial charge in [-0.1, -0.05) is 5.92 Å². The van der Waals surface area contributed by atoms with Crippen LogP contribution < -0.4 is 11.2 Å². The van der Waals surface area contributed by atoms with Crippen molar-refractivity contribution in [2.24, 2.45) is 7.05 Å². The molecule has 8 heteroatoms. The second kappa shape index (κ2) is 5.89. The van der Waals surface area contributed by atoms with Crippen molar-refractivity contribution >= 4 is 17.1 Å². The Morgan fingerprint density at radius 2 is 2.14 bits per heavy atom. The summed E-state index contributed by atoms with van der Waals surface area (Å²) in [5, 5.41) is 0. The average molecular weight is 304 g/mol. The van der Waals surface area contributed by atoms with E-state index in [1.807, 2.05) is 0 Å². The number of carbonyl (C=O) groups is 1. The fraction of sp³-hybridized carbons (Fsp3) is 0.429. The minimum absolute atomic E-state index is 0.0181. The highest BCUT2D eigenvalue weighted by molar-refractivity contribution is 5.78. The van der Waals surface area contributed by atoms with E-state index in [0.717, 1.165) is 4.57 Å². The van der Waals surface area contributed by atoms with Gasteiger partial charge in [-0.05, 0) is 13.8 Å². The number of fused-ring (bicyclic) bond motifs is 1. The molecule has 1 atom stereocenters. The third-order valence-corrected chi connectivity index (χ3v) is 3.43. The summed E-state index contributed by atoms with van der Waals surface area (Å²) in [5.41, 5.74) is -0.658. The minimum atomic E-state index is -0.731. The molecule has 1 unspecified atom stereocenters. The lowest BCUT2D eigenvalue weighted by Crippen LogP contribution is -2.39. The van der Waals surface area contributed by atoms with Crippen molar-refractivity contribution in [1.82, 2.24) is 18.7 Å². The van der Waals surface area contributed by atoms with Gasteiger partial charge < -0.3 is 9.30 Å². The largest absolute Gasteiger partial charge is 0.467 e. The number of aryl methyl sites for hydroxylation is 1. The smallest absolute Gasteiger partial charge is 0.333 e. The van der Waals surface area contributed by atoms with E-state index >= 15 is 0 Å². The van der Waals surface area contributed by atoms with Gasteiger partial charge in [-0.25, -0.2) is 19.1 Å². The molecule has 0 saturated carbocycles. The number of carbonyl (C=O) groups excluding carboxylic acids is 1. The van der Waals surface area contributed by atoms with Crippen LogP contribution in [0.4, 0.5) is 0 Å². The molecule has 0 amide bonds. The molecule has 0 aliphatic rings. The molecule has 0 aliphatic carbocycles.